The van der Waals surface area contributed by atoms with Gasteiger partial charge >= 0.3 is 0 Å². The first-order chi connectivity index (χ1) is 12.0. The van der Waals surface area contributed by atoms with Gasteiger partial charge in [-0.1, -0.05) is 42.5 Å². The zero-order chi connectivity index (χ0) is 17.7. The highest BCUT2D eigenvalue weighted by Gasteiger charge is 2.12. The lowest BCUT2D eigenvalue weighted by Crippen LogP contribution is -2.27. The lowest BCUT2D eigenvalue weighted by Gasteiger charge is -2.06. The molecule has 0 saturated carbocycles. The molecule has 3 rings (SSSR count). The average molecular weight is 376 g/mol. The van der Waals surface area contributed by atoms with Gasteiger partial charge in [-0.25, -0.2) is 22.5 Å². The summed E-state index contributed by atoms with van der Waals surface area (Å²) in [6, 6.07) is 15.5. The van der Waals surface area contributed by atoms with Crippen molar-refractivity contribution in [3.8, 4) is 10.6 Å². The van der Waals surface area contributed by atoms with E-state index in [1.165, 1.54) is 17.4 Å². The minimum Gasteiger partial charge on any atom is -0.241 e. The van der Waals surface area contributed by atoms with Crippen LogP contribution in [0.2, 0.25) is 0 Å². The van der Waals surface area contributed by atoms with Crippen LogP contribution in [-0.4, -0.2) is 19.9 Å². The van der Waals surface area contributed by atoms with Crippen molar-refractivity contribution in [3.05, 3.63) is 77.1 Å². The first kappa shape index (κ1) is 17.7. The van der Waals surface area contributed by atoms with Crippen molar-refractivity contribution in [1.29, 1.82) is 0 Å². The SMILES string of the molecule is O=S(=O)(Cc1ccccc1)NCCc1csc(-c2ccccc2F)n1. The number of aromatic nitrogens is 1. The summed E-state index contributed by atoms with van der Waals surface area (Å²) >= 11 is 1.35. The van der Waals surface area contributed by atoms with E-state index in [0.717, 1.165) is 11.3 Å². The Labute approximate surface area is 150 Å². The van der Waals surface area contributed by atoms with E-state index >= 15 is 0 Å². The number of benzene rings is 2. The standard InChI is InChI=1S/C18H17FN2O2S2/c19-17-9-5-4-8-16(17)18-21-15(12-24-18)10-11-20-25(22,23)13-14-6-2-1-3-7-14/h1-9,12,20H,10-11,13H2. The minimum absolute atomic E-state index is 0.0502. The molecule has 0 aliphatic heterocycles. The smallest absolute Gasteiger partial charge is 0.215 e. The molecule has 1 N–H and O–H groups in total. The average Bonchev–Trinajstić information content (AvgIpc) is 3.04. The second kappa shape index (κ2) is 7.86. The fraction of sp³-hybridized carbons (Fsp3) is 0.167. The molecule has 0 unspecified atom stereocenters. The summed E-state index contributed by atoms with van der Waals surface area (Å²) < 4.78 is 40.5. The molecular weight excluding hydrogens is 359 g/mol. The third-order valence-electron chi connectivity index (χ3n) is 3.56. The minimum atomic E-state index is -3.39. The molecule has 4 nitrogen and oxygen atoms in total. The Bertz CT molecular complexity index is 940. The van der Waals surface area contributed by atoms with E-state index in [0.29, 0.717) is 17.0 Å². The summed E-state index contributed by atoms with van der Waals surface area (Å²) in [6.45, 7) is 0.260. The van der Waals surface area contributed by atoms with Gasteiger partial charge < -0.3 is 0 Å². The number of halogens is 1. The molecular formula is C18H17FN2O2S2. The largest absolute Gasteiger partial charge is 0.241 e. The van der Waals surface area contributed by atoms with E-state index in [1.807, 2.05) is 23.6 Å². The van der Waals surface area contributed by atoms with Gasteiger partial charge in [-0.2, -0.15) is 0 Å². The molecule has 1 aromatic heterocycles. The molecule has 7 heteroatoms. The Morgan fingerprint density at radius 2 is 1.76 bits per heavy atom. The third kappa shape index (κ3) is 4.94. The van der Waals surface area contributed by atoms with Crippen LogP contribution in [0.15, 0.2) is 60.0 Å². The van der Waals surface area contributed by atoms with Crippen LogP contribution in [-0.2, 0) is 22.2 Å². The van der Waals surface area contributed by atoms with Crippen molar-refractivity contribution in [3.63, 3.8) is 0 Å². The number of sulfonamides is 1. The molecule has 0 fully saturated rings. The Hall–Kier alpha value is -2.09. The normalized spacial score (nSPS) is 11.6. The number of hydrogen-bond acceptors (Lipinski definition) is 4. The summed E-state index contributed by atoms with van der Waals surface area (Å²) in [7, 11) is -3.39. The Balaban J connectivity index is 1.57. The van der Waals surface area contributed by atoms with E-state index < -0.39 is 10.0 Å². The van der Waals surface area contributed by atoms with Gasteiger partial charge in [0.15, 0.2) is 0 Å². The zero-order valence-electron chi connectivity index (χ0n) is 13.4. The predicted octanol–water partition coefficient (Wildman–Crippen LogP) is 3.61. The molecule has 0 spiro atoms. The van der Waals surface area contributed by atoms with Gasteiger partial charge in [0.1, 0.15) is 10.8 Å². The molecule has 1 heterocycles. The van der Waals surface area contributed by atoms with Crippen LogP contribution in [0.3, 0.4) is 0 Å². The van der Waals surface area contributed by atoms with Gasteiger partial charge in [0.25, 0.3) is 0 Å². The van der Waals surface area contributed by atoms with E-state index in [-0.39, 0.29) is 18.1 Å². The predicted molar refractivity (Wildman–Crippen MR) is 98.3 cm³/mol. The Morgan fingerprint density at radius 1 is 1.04 bits per heavy atom. The maximum Gasteiger partial charge on any atom is 0.215 e. The van der Waals surface area contributed by atoms with E-state index in [2.05, 4.69) is 9.71 Å². The summed E-state index contributed by atoms with van der Waals surface area (Å²) in [5.74, 6) is -0.363. The van der Waals surface area contributed by atoms with Crippen molar-refractivity contribution in [2.24, 2.45) is 0 Å². The number of hydrogen-bond donors (Lipinski definition) is 1. The van der Waals surface area contributed by atoms with Crippen molar-refractivity contribution in [2.45, 2.75) is 12.2 Å². The second-order valence-electron chi connectivity index (χ2n) is 5.51. The van der Waals surface area contributed by atoms with Gasteiger partial charge in [0, 0.05) is 23.9 Å². The summed E-state index contributed by atoms with van der Waals surface area (Å²) in [5.41, 5.74) is 1.94. The summed E-state index contributed by atoms with van der Waals surface area (Å²) in [6.07, 6.45) is 0.457. The van der Waals surface area contributed by atoms with E-state index in [4.69, 9.17) is 0 Å². The highest BCUT2D eigenvalue weighted by Crippen LogP contribution is 2.26. The molecule has 0 amide bonds. The van der Waals surface area contributed by atoms with E-state index in [9.17, 15) is 12.8 Å². The Kier molecular flexibility index (Phi) is 5.57. The molecule has 0 radical (unpaired) electrons. The molecule has 0 saturated heterocycles. The van der Waals surface area contributed by atoms with Gasteiger partial charge in [0.05, 0.1) is 11.4 Å². The molecule has 0 aliphatic carbocycles. The number of thiazole rings is 1. The summed E-state index contributed by atoms with van der Waals surface area (Å²) in [4.78, 5) is 4.39. The van der Waals surface area contributed by atoms with Crippen molar-refractivity contribution < 1.29 is 12.8 Å². The van der Waals surface area contributed by atoms with Gasteiger partial charge in [-0.3, -0.25) is 0 Å². The van der Waals surface area contributed by atoms with Crippen molar-refractivity contribution >= 4 is 21.4 Å². The molecule has 25 heavy (non-hydrogen) atoms. The maximum absolute atomic E-state index is 13.8. The highest BCUT2D eigenvalue weighted by molar-refractivity contribution is 7.88. The fourth-order valence-corrected chi connectivity index (χ4v) is 4.39. The molecule has 0 bridgehead atoms. The molecule has 0 aliphatic rings. The zero-order valence-corrected chi connectivity index (χ0v) is 15.0. The molecule has 130 valence electrons. The second-order valence-corrected chi connectivity index (χ2v) is 8.18. The lowest BCUT2D eigenvalue weighted by atomic mass is 10.2. The first-order valence-electron chi connectivity index (χ1n) is 7.74. The third-order valence-corrected chi connectivity index (χ3v) is 5.84. The van der Waals surface area contributed by atoms with Crippen LogP contribution in [0.1, 0.15) is 11.3 Å². The van der Waals surface area contributed by atoms with Crippen LogP contribution in [0.4, 0.5) is 4.39 Å². The molecule has 0 atom stereocenters. The fourth-order valence-electron chi connectivity index (χ4n) is 2.36. The van der Waals surface area contributed by atoms with Crippen molar-refractivity contribution in [2.75, 3.05) is 6.54 Å². The van der Waals surface area contributed by atoms with Crippen molar-refractivity contribution in [1.82, 2.24) is 9.71 Å². The lowest BCUT2D eigenvalue weighted by molar-refractivity contribution is 0.580. The Morgan fingerprint density at radius 3 is 2.52 bits per heavy atom. The molecule has 2 aromatic carbocycles. The number of rotatable bonds is 7. The van der Waals surface area contributed by atoms with E-state index in [1.54, 1.807) is 30.3 Å². The number of nitrogens with one attached hydrogen (secondary N) is 1. The topological polar surface area (TPSA) is 59.1 Å². The van der Waals surface area contributed by atoms with Crippen LogP contribution < -0.4 is 4.72 Å². The van der Waals surface area contributed by atoms with Crippen LogP contribution in [0.5, 0.6) is 0 Å². The number of nitrogens with zero attached hydrogens (tertiary/aromatic N) is 1. The highest BCUT2D eigenvalue weighted by atomic mass is 32.2. The summed E-state index contributed by atoms with van der Waals surface area (Å²) in [5, 5.41) is 2.42. The van der Waals surface area contributed by atoms with Gasteiger partial charge in [-0.05, 0) is 17.7 Å². The molecule has 3 aromatic rings. The first-order valence-corrected chi connectivity index (χ1v) is 10.3. The maximum atomic E-state index is 13.8. The van der Waals surface area contributed by atoms with Crippen LogP contribution in [0.25, 0.3) is 10.6 Å². The quantitative estimate of drug-likeness (QED) is 0.685. The van der Waals surface area contributed by atoms with Gasteiger partial charge in [0.2, 0.25) is 10.0 Å². The van der Waals surface area contributed by atoms with Gasteiger partial charge in [-0.15, -0.1) is 11.3 Å². The monoisotopic (exact) mass is 376 g/mol. The van der Waals surface area contributed by atoms with Crippen LogP contribution in [0, 0.1) is 5.82 Å². The van der Waals surface area contributed by atoms with Crippen LogP contribution >= 0.6 is 11.3 Å².